The molecular weight excluding hydrogens is 286 g/mol. The van der Waals surface area contributed by atoms with Gasteiger partial charge in [0.25, 0.3) is 10.2 Å². The molecule has 2 N–H and O–H groups in total. The SMILES string of the molecule is CCNS(=O)(=O)N1CCNCC1c1ccccc1Cl. The first-order valence-corrected chi connectivity index (χ1v) is 8.09. The lowest BCUT2D eigenvalue weighted by Gasteiger charge is -2.35. The summed E-state index contributed by atoms with van der Waals surface area (Å²) in [4.78, 5) is 0. The monoisotopic (exact) mass is 303 g/mol. The van der Waals surface area contributed by atoms with Gasteiger partial charge in [0, 0.05) is 31.2 Å². The predicted octanol–water partition coefficient (Wildman–Crippen LogP) is 1.14. The third-order valence-electron chi connectivity index (χ3n) is 3.09. The molecule has 5 nitrogen and oxygen atoms in total. The van der Waals surface area contributed by atoms with E-state index in [9.17, 15) is 8.42 Å². The molecule has 0 radical (unpaired) electrons. The Morgan fingerprint density at radius 2 is 2.21 bits per heavy atom. The second-order valence-electron chi connectivity index (χ2n) is 4.36. The maximum absolute atomic E-state index is 12.2. The topological polar surface area (TPSA) is 61.4 Å². The van der Waals surface area contributed by atoms with E-state index in [-0.39, 0.29) is 6.04 Å². The van der Waals surface area contributed by atoms with E-state index in [1.165, 1.54) is 4.31 Å². The van der Waals surface area contributed by atoms with Crippen molar-refractivity contribution in [3.8, 4) is 0 Å². The standard InChI is InChI=1S/C12H18ClN3O2S/c1-2-15-19(17,18)16-8-7-14-9-12(16)10-5-3-4-6-11(10)13/h3-6,12,14-15H,2,7-9H2,1H3. The van der Waals surface area contributed by atoms with Crippen LogP contribution >= 0.6 is 11.6 Å². The van der Waals surface area contributed by atoms with Crippen molar-refractivity contribution in [3.05, 3.63) is 34.9 Å². The molecule has 0 aliphatic carbocycles. The molecule has 0 bridgehead atoms. The largest absolute Gasteiger partial charge is 0.313 e. The summed E-state index contributed by atoms with van der Waals surface area (Å²) in [5.41, 5.74) is 0.831. The van der Waals surface area contributed by atoms with Crippen molar-refractivity contribution in [1.29, 1.82) is 0 Å². The van der Waals surface area contributed by atoms with Gasteiger partial charge in [-0.1, -0.05) is 36.7 Å². The fourth-order valence-electron chi connectivity index (χ4n) is 2.25. The second kappa shape index (κ2) is 6.19. The van der Waals surface area contributed by atoms with Crippen molar-refractivity contribution in [1.82, 2.24) is 14.3 Å². The first kappa shape index (κ1) is 14.7. The van der Waals surface area contributed by atoms with Crippen molar-refractivity contribution >= 4 is 21.8 Å². The Hall–Kier alpha value is -0.660. The van der Waals surface area contributed by atoms with Gasteiger partial charge in [-0.25, -0.2) is 4.72 Å². The van der Waals surface area contributed by atoms with Crippen LogP contribution in [0.5, 0.6) is 0 Å². The molecule has 2 rings (SSSR count). The maximum atomic E-state index is 12.2. The number of piperazine rings is 1. The van der Waals surface area contributed by atoms with Gasteiger partial charge in [-0.2, -0.15) is 12.7 Å². The van der Waals surface area contributed by atoms with Crippen LogP contribution in [0.25, 0.3) is 0 Å². The minimum Gasteiger partial charge on any atom is -0.313 e. The fourth-order valence-corrected chi connectivity index (χ4v) is 3.90. The summed E-state index contributed by atoms with van der Waals surface area (Å²) in [6.45, 7) is 3.79. The van der Waals surface area contributed by atoms with Crippen molar-refractivity contribution in [2.75, 3.05) is 26.2 Å². The highest BCUT2D eigenvalue weighted by molar-refractivity contribution is 7.87. The summed E-state index contributed by atoms with van der Waals surface area (Å²) >= 11 is 6.18. The Labute approximate surface area is 119 Å². The van der Waals surface area contributed by atoms with Gasteiger partial charge in [-0.3, -0.25) is 0 Å². The number of nitrogens with zero attached hydrogens (tertiary/aromatic N) is 1. The Bertz CT molecular complexity index is 536. The van der Waals surface area contributed by atoms with Crippen LogP contribution in [0.4, 0.5) is 0 Å². The molecule has 0 spiro atoms. The molecule has 7 heteroatoms. The zero-order chi connectivity index (χ0) is 13.9. The highest BCUT2D eigenvalue weighted by Gasteiger charge is 2.33. The molecule has 1 atom stereocenters. The van der Waals surface area contributed by atoms with Crippen LogP contribution in [0.1, 0.15) is 18.5 Å². The number of nitrogens with one attached hydrogen (secondary N) is 2. The van der Waals surface area contributed by atoms with Crippen molar-refractivity contribution < 1.29 is 8.42 Å². The molecule has 0 amide bonds. The summed E-state index contributed by atoms with van der Waals surface area (Å²) in [6.07, 6.45) is 0. The lowest BCUT2D eigenvalue weighted by atomic mass is 10.1. The van der Waals surface area contributed by atoms with Crippen molar-refractivity contribution in [2.24, 2.45) is 0 Å². The molecule has 19 heavy (non-hydrogen) atoms. The summed E-state index contributed by atoms with van der Waals surface area (Å²) in [5.74, 6) is 0. The number of rotatable bonds is 4. The molecule has 0 saturated carbocycles. The zero-order valence-corrected chi connectivity index (χ0v) is 12.3. The summed E-state index contributed by atoms with van der Waals surface area (Å²) < 4.78 is 28.5. The Morgan fingerprint density at radius 1 is 1.47 bits per heavy atom. The zero-order valence-electron chi connectivity index (χ0n) is 10.8. The Balaban J connectivity index is 2.34. The summed E-state index contributed by atoms with van der Waals surface area (Å²) in [6, 6.07) is 7.09. The number of hydrogen-bond acceptors (Lipinski definition) is 3. The predicted molar refractivity (Wildman–Crippen MR) is 76.4 cm³/mol. The van der Waals surface area contributed by atoms with Crippen LogP contribution in [0.3, 0.4) is 0 Å². The van der Waals surface area contributed by atoms with E-state index in [1.807, 2.05) is 18.2 Å². The molecule has 0 aromatic heterocycles. The van der Waals surface area contributed by atoms with E-state index in [2.05, 4.69) is 10.0 Å². The molecule has 1 fully saturated rings. The smallest absolute Gasteiger partial charge is 0.280 e. The van der Waals surface area contributed by atoms with Crippen LogP contribution < -0.4 is 10.0 Å². The highest BCUT2D eigenvalue weighted by Crippen LogP contribution is 2.29. The molecular formula is C12H18ClN3O2S. The van der Waals surface area contributed by atoms with E-state index in [4.69, 9.17) is 11.6 Å². The molecule has 106 valence electrons. The van der Waals surface area contributed by atoms with Crippen LogP contribution in [0, 0.1) is 0 Å². The number of hydrogen-bond donors (Lipinski definition) is 2. The van der Waals surface area contributed by atoms with E-state index < -0.39 is 10.2 Å². The number of halogens is 1. The molecule has 1 heterocycles. The van der Waals surface area contributed by atoms with Crippen LogP contribution in [0.2, 0.25) is 5.02 Å². The lowest BCUT2D eigenvalue weighted by molar-refractivity contribution is 0.268. The minimum absolute atomic E-state index is 0.272. The van der Waals surface area contributed by atoms with Crippen LogP contribution in [0.15, 0.2) is 24.3 Å². The van der Waals surface area contributed by atoms with Crippen LogP contribution in [-0.4, -0.2) is 38.9 Å². The van der Waals surface area contributed by atoms with Crippen molar-refractivity contribution in [2.45, 2.75) is 13.0 Å². The van der Waals surface area contributed by atoms with Crippen LogP contribution in [-0.2, 0) is 10.2 Å². The van der Waals surface area contributed by atoms with Gasteiger partial charge in [-0.15, -0.1) is 0 Å². The molecule has 1 aromatic carbocycles. The third kappa shape index (κ3) is 3.27. The second-order valence-corrected chi connectivity index (χ2v) is 6.47. The minimum atomic E-state index is -3.46. The van der Waals surface area contributed by atoms with Gasteiger partial charge in [-0.05, 0) is 11.6 Å². The van der Waals surface area contributed by atoms with E-state index in [0.29, 0.717) is 31.2 Å². The highest BCUT2D eigenvalue weighted by atomic mass is 35.5. The third-order valence-corrected chi connectivity index (χ3v) is 5.15. The molecule has 1 unspecified atom stereocenters. The quantitative estimate of drug-likeness (QED) is 0.877. The van der Waals surface area contributed by atoms with Gasteiger partial charge in [0.2, 0.25) is 0 Å². The average Bonchev–Trinajstić information content (AvgIpc) is 2.39. The Morgan fingerprint density at radius 3 is 2.89 bits per heavy atom. The summed E-state index contributed by atoms with van der Waals surface area (Å²) in [5, 5.41) is 3.80. The molecule has 1 aliphatic heterocycles. The average molecular weight is 304 g/mol. The normalized spacial score (nSPS) is 21.5. The molecule has 1 aromatic rings. The van der Waals surface area contributed by atoms with E-state index >= 15 is 0 Å². The first-order valence-electron chi connectivity index (χ1n) is 6.28. The van der Waals surface area contributed by atoms with Gasteiger partial charge in [0.05, 0.1) is 6.04 Å². The van der Waals surface area contributed by atoms with E-state index in [0.717, 1.165) is 5.56 Å². The van der Waals surface area contributed by atoms with Gasteiger partial charge < -0.3 is 5.32 Å². The van der Waals surface area contributed by atoms with Gasteiger partial charge in [0.1, 0.15) is 0 Å². The van der Waals surface area contributed by atoms with Gasteiger partial charge in [0.15, 0.2) is 0 Å². The van der Waals surface area contributed by atoms with Crippen molar-refractivity contribution in [3.63, 3.8) is 0 Å². The lowest BCUT2D eigenvalue weighted by Crippen LogP contribution is -2.52. The maximum Gasteiger partial charge on any atom is 0.280 e. The summed E-state index contributed by atoms with van der Waals surface area (Å²) in [7, 11) is -3.46. The van der Waals surface area contributed by atoms with E-state index in [1.54, 1.807) is 13.0 Å². The number of benzene rings is 1. The fraction of sp³-hybridized carbons (Fsp3) is 0.500. The first-order chi connectivity index (χ1) is 9.06. The Kier molecular flexibility index (Phi) is 4.81. The molecule has 1 saturated heterocycles. The molecule has 1 aliphatic rings. The van der Waals surface area contributed by atoms with Gasteiger partial charge >= 0.3 is 0 Å².